The van der Waals surface area contributed by atoms with Gasteiger partial charge in [0.15, 0.2) is 11.5 Å². The Morgan fingerprint density at radius 3 is 2.53 bits per heavy atom. The molecule has 0 radical (unpaired) electrons. The van der Waals surface area contributed by atoms with Crippen LogP contribution in [0.25, 0.3) is 11.2 Å². The molecule has 0 saturated carbocycles. The average Bonchev–Trinajstić information content (AvgIpc) is 3.26. The van der Waals surface area contributed by atoms with Gasteiger partial charge in [0.2, 0.25) is 0 Å². The number of aromatic nitrogens is 4. The number of rotatable bonds is 10. The third kappa shape index (κ3) is 6.15. The second kappa shape index (κ2) is 9.48. The van der Waals surface area contributed by atoms with Gasteiger partial charge in [-0.05, 0) is 0 Å². The van der Waals surface area contributed by atoms with Crippen LogP contribution in [0.3, 0.4) is 0 Å². The fourth-order valence-corrected chi connectivity index (χ4v) is 5.91. The number of anilines is 1. The monoisotopic (exact) mass is 520 g/mol. The number of phosphoric ester groups is 1. The highest BCUT2D eigenvalue weighted by molar-refractivity contribution is 7.66. The molecule has 7 N–H and O–H groups in total. The molecule has 1 saturated heterocycles. The van der Waals surface area contributed by atoms with Crippen LogP contribution >= 0.6 is 23.5 Å². The van der Waals surface area contributed by atoms with Crippen molar-refractivity contribution in [3.05, 3.63) is 12.7 Å². The minimum absolute atomic E-state index is 0.144. The van der Waals surface area contributed by atoms with E-state index in [4.69, 9.17) is 25.3 Å². The molecule has 5 atom stereocenters. The third-order valence-electron chi connectivity index (χ3n) is 4.08. The van der Waals surface area contributed by atoms with Gasteiger partial charge in [0.1, 0.15) is 30.3 Å². The van der Waals surface area contributed by atoms with Gasteiger partial charge >= 0.3 is 23.5 Å². The van der Waals surface area contributed by atoms with Crippen LogP contribution in [0.15, 0.2) is 12.7 Å². The number of hydrogen-bond donors (Lipinski definition) is 6. The summed E-state index contributed by atoms with van der Waals surface area (Å²) >= 11 is 0. The first-order valence-electron chi connectivity index (χ1n) is 8.49. The van der Waals surface area contributed by atoms with E-state index in [1.54, 1.807) is 11.6 Å². The van der Waals surface area contributed by atoms with Crippen LogP contribution in [0, 0.1) is 0 Å². The number of ether oxygens (including phenoxy) is 1. The average molecular weight is 520 g/mol. The van der Waals surface area contributed by atoms with Crippen LogP contribution in [0.5, 0.6) is 0 Å². The molecule has 0 aromatic carbocycles. The molecule has 0 amide bonds. The van der Waals surface area contributed by atoms with Crippen molar-refractivity contribution in [1.29, 1.82) is 0 Å². The number of nitrogens with one attached hydrogen (secondary N) is 1. The van der Waals surface area contributed by atoms with E-state index >= 15 is 0 Å². The molecule has 0 aliphatic carbocycles. The second-order valence-electron chi connectivity index (χ2n) is 6.22. The quantitative estimate of drug-likeness (QED) is 0.174. The van der Waals surface area contributed by atoms with Crippen molar-refractivity contribution in [2.24, 2.45) is 5.90 Å². The minimum atomic E-state index is -5.64. The van der Waals surface area contributed by atoms with E-state index in [0.717, 1.165) is 0 Å². The Morgan fingerprint density at radius 2 is 1.91 bits per heavy atom. The van der Waals surface area contributed by atoms with Gasteiger partial charge in [-0.3, -0.25) is 13.9 Å². The van der Waals surface area contributed by atoms with E-state index < -0.39 is 48.5 Å². The van der Waals surface area contributed by atoms with Crippen LogP contribution in [-0.2, 0) is 36.4 Å². The first-order valence-corrected chi connectivity index (χ1v) is 13.0. The summed E-state index contributed by atoms with van der Waals surface area (Å²) in [7, 11) is -14.8. The summed E-state index contributed by atoms with van der Waals surface area (Å²) in [4.78, 5) is 53.1. The third-order valence-corrected chi connectivity index (χ3v) is 7.88. The molecule has 1 aliphatic heterocycles. The van der Waals surface area contributed by atoms with E-state index in [2.05, 4.69) is 33.4 Å². The lowest BCUT2D eigenvalue weighted by atomic mass is 10.2. The number of nitrogens with two attached hydrogens (primary N) is 1. The first-order chi connectivity index (χ1) is 14.8. The van der Waals surface area contributed by atoms with E-state index in [1.165, 1.54) is 12.7 Å². The van der Waals surface area contributed by atoms with Gasteiger partial charge in [-0.2, -0.15) is 8.62 Å². The summed E-state index contributed by atoms with van der Waals surface area (Å²) in [5, 5.41) is 2.86. The molecule has 2 aromatic heterocycles. The molecule has 32 heavy (non-hydrogen) atoms. The lowest BCUT2D eigenvalue weighted by molar-refractivity contribution is -0.0600. The normalized spacial score (nSPS) is 25.5. The van der Waals surface area contributed by atoms with E-state index in [-0.39, 0.29) is 6.42 Å². The van der Waals surface area contributed by atoms with Gasteiger partial charge in [0, 0.05) is 13.5 Å². The van der Waals surface area contributed by atoms with Crippen LogP contribution in [0.4, 0.5) is 5.82 Å². The maximum atomic E-state index is 11.9. The summed E-state index contributed by atoms with van der Waals surface area (Å²) < 4.78 is 53.1. The van der Waals surface area contributed by atoms with Gasteiger partial charge < -0.3 is 29.6 Å². The Labute approximate surface area is 179 Å². The Hall–Kier alpha value is -1.36. The summed E-state index contributed by atoms with van der Waals surface area (Å²) in [6.45, 7) is -0.717. The number of nitrogens with zero attached hydrogens (tertiary/aromatic N) is 4. The molecule has 21 heteroatoms. The van der Waals surface area contributed by atoms with Crippen LogP contribution in [0.2, 0.25) is 0 Å². The first kappa shape index (κ1) is 25.3. The van der Waals surface area contributed by atoms with Crippen molar-refractivity contribution in [2.45, 2.75) is 24.9 Å². The van der Waals surface area contributed by atoms with Crippen molar-refractivity contribution >= 4 is 40.4 Å². The molecule has 3 rings (SSSR count). The van der Waals surface area contributed by atoms with Crippen molar-refractivity contribution in [1.82, 2.24) is 19.5 Å². The number of phosphoric acid groups is 3. The van der Waals surface area contributed by atoms with Gasteiger partial charge in [-0.1, -0.05) is 0 Å². The summed E-state index contributed by atoms with van der Waals surface area (Å²) in [5.74, 6) is 5.73. The van der Waals surface area contributed by atoms with Gasteiger partial charge in [-0.15, -0.1) is 0 Å². The smallest absolute Gasteiger partial charge is 0.371 e. The molecule has 1 fully saturated rings. The highest BCUT2D eigenvalue weighted by Crippen LogP contribution is 2.66. The fraction of sp³-hybridized carbons (Fsp3) is 0.545. The Kier molecular flexibility index (Phi) is 7.49. The molecule has 0 bridgehead atoms. The molecule has 2 unspecified atom stereocenters. The molecule has 0 spiro atoms. The van der Waals surface area contributed by atoms with E-state index in [1.807, 2.05) is 0 Å². The minimum Gasteiger partial charge on any atom is -0.371 e. The fourth-order valence-electron chi connectivity index (χ4n) is 2.88. The van der Waals surface area contributed by atoms with Crippen LogP contribution in [-0.4, -0.2) is 65.0 Å². The van der Waals surface area contributed by atoms with Crippen molar-refractivity contribution in [3.8, 4) is 0 Å². The van der Waals surface area contributed by atoms with E-state index in [9.17, 15) is 23.5 Å². The molecule has 2 aromatic rings. The highest BCUT2D eigenvalue weighted by atomic mass is 31.3. The molecule has 3 heterocycles. The number of imidazole rings is 1. The Morgan fingerprint density at radius 1 is 1.19 bits per heavy atom. The van der Waals surface area contributed by atoms with Crippen molar-refractivity contribution in [3.63, 3.8) is 0 Å². The summed E-state index contributed by atoms with van der Waals surface area (Å²) in [5.41, 5.74) is 0.874. The lowest BCUT2D eigenvalue weighted by Crippen LogP contribution is -2.31. The lowest BCUT2D eigenvalue weighted by Gasteiger charge is -2.20. The number of hydrogen-bond acceptors (Lipinski definition) is 13. The zero-order valence-corrected chi connectivity index (χ0v) is 18.7. The maximum Gasteiger partial charge on any atom is 0.490 e. The Bertz CT molecular complexity index is 1110. The number of fused-ring (bicyclic) bond motifs is 1. The van der Waals surface area contributed by atoms with Gasteiger partial charge in [0.05, 0.1) is 12.9 Å². The van der Waals surface area contributed by atoms with Crippen molar-refractivity contribution in [2.75, 3.05) is 19.0 Å². The largest absolute Gasteiger partial charge is 0.490 e. The predicted molar refractivity (Wildman–Crippen MR) is 102 cm³/mol. The van der Waals surface area contributed by atoms with E-state index in [0.29, 0.717) is 17.0 Å². The predicted octanol–water partition coefficient (Wildman–Crippen LogP) is -0.242. The SMILES string of the molecule is CNc1ncnc2c1ncn2[C@H]1C[C@@H](ON)[C@@H](COP(=O)(O)OP(=O)(O)OP(=O)(O)O)O1. The van der Waals surface area contributed by atoms with Crippen LogP contribution < -0.4 is 11.2 Å². The topological polar surface area (TPSA) is 260 Å². The molecular weight excluding hydrogens is 501 g/mol. The van der Waals surface area contributed by atoms with Gasteiger partial charge in [-0.25, -0.2) is 34.5 Å². The summed E-state index contributed by atoms with van der Waals surface area (Å²) in [6, 6.07) is 0. The van der Waals surface area contributed by atoms with Gasteiger partial charge in [0.25, 0.3) is 0 Å². The Balaban J connectivity index is 1.69. The maximum absolute atomic E-state index is 11.9. The molecular formula is C11H19N6O12P3. The standard InChI is InChI=1S/C11H19N6O12P3/c1-13-10-9-11(15-4-14-10)17(5-16-9)8-2-6(27-12)7(26-8)3-25-31(21,22)29-32(23,24)28-30(18,19)20/h4-8H,2-3,12H2,1H3,(H,21,22)(H,23,24)(H,13,14,15)(H2,18,19,20)/t6-,7-,8-/m1/s1. The molecule has 18 nitrogen and oxygen atoms in total. The summed E-state index contributed by atoms with van der Waals surface area (Å²) in [6.07, 6.45) is 0.246. The van der Waals surface area contributed by atoms with Crippen molar-refractivity contribution < 1.29 is 56.0 Å². The molecule has 180 valence electrons. The highest BCUT2D eigenvalue weighted by Gasteiger charge is 2.43. The second-order valence-corrected chi connectivity index (χ2v) is 10.6. The molecule has 1 aliphatic rings. The van der Waals surface area contributed by atoms with Crippen LogP contribution in [0.1, 0.15) is 12.6 Å². The zero-order valence-electron chi connectivity index (χ0n) is 16.1. The zero-order chi connectivity index (χ0) is 23.7.